The molecule has 0 spiro atoms. The molecule has 0 aliphatic heterocycles. The summed E-state index contributed by atoms with van der Waals surface area (Å²) in [6, 6.07) is 8.28. The Kier molecular flexibility index (Phi) is 4.34. The number of benzene rings is 1. The monoisotopic (exact) mass is 166 g/mol. The summed E-state index contributed by atoms with van der Waals surface area (Å²) in [4.78, 5) is 0. The zero-order valence-electron chi connectivity index (χ0n) is 6.09. The maximum absolute atomic E-state index is 3.66. The molecule has 50 valence electrons. The quantitative estimate of drug-likeness (QED) is 0.562. The second-order valence-electron chi connectivity index (χ2n) is 2.11. The van der Waals surface area contributed by atoms with E-state index in [4.69, 9.17) is 0 Å². The first-order valence-electron chi connectivity index (χ1n) is 3.02. The fourth-order valence-electron chi connectivity index (χ4n) is 0.703. The molecular formula is C9H10Ti. The van der Waals surface area contributed by atoms with Crippen molar-refractivity contribution in [1.29, 1.82) is 0 Å². The van der Waals surface area contributed by atoms with E-state index in [0.717, 1.165) is 0 Å². The molecule has 0 aliphatic rings. The molecule has 0 aliphatic carbocycles. The van der Waals surface area contributed by atoms with Crippen LogP contribution in [0.3, 0.4) is 0 Å². The van der Waals surface area contributed by atoms with Crippen molar-refractivity contribution >= 4 is 6.08 Å². The van der Waals surface area contributed by atoms with Crippen LogP contribution in [0.2, 0.25) is 0 Å². The first-order chi connectivity index (χ1) is 4.33. The van der Waals surface area contributed by atoms with Gasteiger partial charge in [-0.3, -0.25) is 0 Å². The normalized spacial score (nSPS) is 8.10. The third-order valence-corrected chi connectivity index (χ3v) is 1.31. The van der Waals surface area contributed by atoms with Crippen molar-refractivity contribution in [3.63, 3.8) is 0 Å². The summed E-state index contributed by atoms with van der Waals surface area (Å²) >= 11 is 0. The smallest absolute Gasteiger partial charge is 0 e. The molecule has 0 saturated heterocycles. The Bertz CT molecular complexity index is 198. The molecular weight excluding hydrogens is 156 g/mol. The Hall–Kier alpha value is -0.326. The van der Waals surface area contributed by atoms with Crippen LogP contribution >= 0.6 is 0 Å². The Morgan fingerprint density at radius 1 is 1.20 bits per heavy atom. The second-order valence-corrected chi connectivity index (χ2v) is 2.11. The van der Waals surface area contributed by atoms with Crippen molar-refractivity contribution in [2.45, 2.75) is 6.92 Å². The van der Waals surface area contributed by atoms with Crippen molar-refractivity contribution in [1.82, 2.24) is 0 Å². The predicted octanol–water partition coefficient (Wildman–Crippen LogP) is 2.64. The van der Waals surface area contributed by atoms with Gasteiger partial charge in [-0.1, -0.05) is 42.5 Å². The van der Waals surface area contributed by atoms with Crippen LogP contribution in [0.15, 0.2) is 30.8 Å². The van der Waals surface area contributed by atoms with Gasteiger partial charge in [0.15, 0.2) is 0 Å². The molecule has 0 heterocycles. The van der Waals surface area contributed by atoms with Crippen molar-refractivity contribution in [3.8, 4) is 0 Å². The average Bonchev–Trinajstić information content (AvgIpc) is 1.90. The van der Waals surface area contributed by atoms with Crippen LogP contribution in [0.25, 0.3) is 6.08 Å². The van der Waals surface area contributed by atoms with E-state index < -0.39 is 0 Å². The van der Waals surface area contributed by atoms with Gasteiger partial charge in [-0.2, -0.15) is 0 Å². The standard InChI is InChI=1S/C9H10.Ti/c1-3-9-6-4-8(2)5-7-9;/h3-7H,1H2,2H3;. The predicted molar refractivity (Wildman–Crippen MR) is 41.3 cm³/mol. The first kappa shape index (κ1) is 9.67. The number of hydrogen-bond acceptors (Lipinski definition) is 0. The van der Waals surface area contributed by atoms with Gasteiger partial charge < -0.3 is 0 Å². The average molecular weight is 166 g/mol. The molecule has 0 unspecified atom stereocenters. The van der Waals surface area contributed by atoms with E-state index in [-0.39, 0.29) is 21.7 Å². The van der Waals surface area contributed by atoms with Gasteiger partial charge in [-0.15, -0.1) is 0 Å². The van der Waals surface area contributed by atoms with Crippen LogP contribution in [0.5, 0.6) is 0 Å². The zero-order chi connectivity index (χ0) is 6.69. The fourth-order valence-corrected chi connectivity index (χ4v) is 0.703. The van der Waals surface area contributed by atoms with Crippen LogP contribution in [0, 0.1) is 6.92 Å². The van der Waals surface area contributed by atoms with Gasteiger partial charge in [-0.25, -0.2) is 0 Å². The van der Waals surface area contributed by atoms with Crippen molar-refractivity contribution in [2.75, 3.05) is 0 Å². The molecule has 1 rings (SSSR count). The van der Waals surface area contributed by atoms with Crippen molar-refractivity contribution in [2.24, 2.45) is 0 Å². The fraction of sp³-hybridized carbons (Fsp3) is 0.111. The van der Waals surface area contributed by atoms with E-state index >= 15 is 0 Å². The van der Waals surface area contributed by atoms with Gasteiger partial charge >= 0.3 is 0 Å². The topological polar surface area (TPSA) is 0 Å². The van der Waals surface area contributed by atoms with Crippen LogP contribution in [-0.4, -0.2) is 0 Å². The summed E-state index contributed by atoms with van der Waals surface area (Å²) in [5, 5.41) is 0. The van der Waals surface area contributed by atoms with E-state index in [1.165, 1.54) is 11.1 Å². The first-order valence-corrected chi connectivity index (χ1v) is 3.02. The van der Waals surface area contributed by atoms with Gasteiger partial charge in [0, 0.05) is 21.7 Å². The van der Waals surface area contributed by atoms with E-state index in [9.17, 15) is 0 Å². The molecule has 0 aromatic heterocycles. The molecule has 0 bridgehead atoms. The third kappa shape index (κ3) is 2.51. The molecule has 1 aromatic rings. The van der Waals surface area contributed by atoms with Crippen LogP contribution in [0.4, 0.5) is 0 Å². The molecule has 0 saturated carbocycles. The largest absolute Gasteiger partial charge is 0.0985 e. The number of hydrogen-bond donors (Lipinski definition) is 0. The maximum atomic E-state index is 3.66. The van der Waals surface area contributed by atoms with E-state index in [0.29, 0.717) is 0 Å². The minimum absolute atomic E-state index is 0. The number of aryl methyl sites for hydroxylation is 1. The molecule has 1 aromatic carbocycles. The van der Waals surface area contributed by atoms with Crippen LogP contribution < -0.4 is 0 Å². The number of rotatable bonds is 1. The van der Waals surface area contributed by atoms with E-state index in [2.05, 4.69) is 37.8 Å². The zero-order valence-corrected chi connectivity index (χ0v) is 7.66. The molecule has 0 fully saturated rings. The van der Waals surface area contributed by atoms with E-state index in [1.54, 1.807) is 0 Å². The molecule has 0 amide bonds. The van der Waals surface area contributed by atoms with Crippen molar-refractivity contribution in [3.05, 3.63) is 42.0 Å². The van der Waals surface area contributed by atoms with Gasteiger partial charge in [0.05, 0.1) is 0 Å². The van der Waals surface area contributed by atoms with Gasteiger partial charge in [-0.05, 0) is 12.5 Å². The van der Waals surface area contributed by atoms with Gasteiger partial charge in [0.25, 0.3) is 0 Å². The van der Waals surface area contributed by atoms with Crippen LogP contribution in [-0.2, 0) is 21.7 Å². The molecule has 0 nitrogen and oxygen atoms in total. The molecule has 10 heavy (non-hydrogen) atoms. The Morgan fingerprint density at radius 2 is 1.70 bits per heavy atom. The van der Waals surface area contributed by atoms with Crippen molar-refractivity contribution < 1.29 is 21.7 Å². The summed E-state index contributed by atoms with van der Waals surface area (Å²) in [6.07, 6.45) is 1.85. The molecule has 0 atom stereocenters. The SMILES string of the molecule is C=Cc1ccc(C)cc1.[Ti]. The minimum atomic E-state index is 0. The summed E-state index contributed by atoms with van der Waals surface area (Å²) in [5.74, 6) is 0. The van der Waals surface area contributed by atoms with Crippen LogP contribution in [0.1, 0.15) is 11.1 Å². The molecule has 0 radical (unpaired) electrons. The van der Waals surface area contributed by atoms with Gasteiger partial charge in [0.2, 0.25) is 0 Å². The molecule has 0 N–H and O–H groups in total. The second kappa shape index (κ2) is 4.48. The summed E-state index contributed by atoms with van der Waals surface area (Å²) in [7, 11) is 0. The third-order valence-electron chi connectivity index (χ3n) is 1.31. The summed E-state index contributed by atoms with van der Waals surface area (Å²) in [6.45, 7) is 5.74. The van der Waals surface area contributed by atoms with E-state index in [1.807, 2.05) is 6.08 Å². The summed E-state index contributed by atoms with van der Waals surface area (Å²) in [5.41, 5.74) is 2.47. The Balaban J connectivity index is 0.000000810. The minimum Gasteiger partial charge on any atom is -0.0985 e. The summed E-state index contributed by atoms with van der Waals surface area (Å²) < 4.78 is 0. The Morgan fingerprint density at radius 3 is 2.10 bits per heavy atom. The maximum Gasteiger partial charge on any atom is 0 e. The molecule has 1 heteroatoms. The van der Waals surface area contributed by atoms with Gasteiger partial charge in [0.1, 0.15) is 0 Å². The Labute approximate surface area is 76.8 Å².